The number of rotatable bonds is 1. The third kappa shape index (κ3) is 1.64. The summed E-state index contributed by atoms with van der Waals surface area (Å²) in [5, 5.41) is 11.0. The Balaban J connectivity index is 2.26. The van der Waals surface area contributed by atoms with E-state index in [-0.39, 0.29) is 5.82 Å². The predicted molar refractivity (Wildman–Crippen MR) is 71.1 cm³/mol. The maximum atomic E-state index is 13.8. The number of halogens is 1. The van der Waals surface area contributed by atoms with Crippen LogP contribution in [0.3, 0.4) is 0 Å². The van der Waals surface area contributed by atoms with Crippen molar-refractivity contribution < 1.29 is 9.50 Å². The first-order valence-electron chi connectivity index (χ1n) is 6.26. The molecular weight excluding hydrogens is 243 g/mol. The number of hydrogen-bond donors (Lipinski definition) is 2. The van der Waals surface area contributed by atoms with Crippen LogP contribution >= 0.6 is 0 Å². The number of hydrogen-bond acceptors (Lipinski definition) is 3. The second-order valence-corrected chi connectivity index (χ2v) is 5.01. The number of pyridine rings is 1. The zero-order valence-corrected chi connectivity index (χ0v) is 10.7. The summed E-state index contributed by atoms with van der Waals surface area (Å²) in [7, 11) is 0. The molecule has 0 amide bonds. The van der Waals surface area contributed by atoms with Gasteiger partial charge in [-0.05, 0) is 48.6 Å². The van der Waals surface area contributed by atoms with E-state index in [1.807, 2.05) is 6.92 Å². The number of benzene rings is 1. The SMILES string of the molecule is Cc1ccnc(N)c1C1(O)CCc2c(F)cccc21. The van der Waals surface area contributed by atoms with Crippen molar-refractivity contribution in [3.63, 3.8) is 0 Å². The molecule has 2 aromatic rings. The fraction of sp³-hybridized carbons (Fsp3) is 0.267. The molecule has 0 fully saturated rings. The standard InChI is InChI=1S/C15H15FN2O/c1-9-6-8-18-14(17)13(9)15(19)7-5-10-11(15)3-2-4-12(10)16/h2-4,6,8,19H,5,7H2,1H3,(H2,17,18). The molecule has 1 aliphatic carbocycles. The minimum atomic E-state index is -1.24. The van der Waals surface area contributed by atoms with Crippen molar-refractivity contribution in [2.45, 2.75) is 25.4 Å². The Bertz CT molecular complexity index is 636. The van der Waals surface area contributed by atoms with Gasteiger partial charge in [0.25, 0.3) is 0 Å². The predicted octanol–water partition coefficient (Wildman–Crippen LogP) is 2.29. The molecule has 98 valence electrons. The summed E-state index contributed by atoms with van der Waals surface area (Å²) >= 11 is 0. The molecular formula is C15H15FN2O. The van der Waals surface area contributed by atoms with Crippen LogP contribution in [0.2, 0.25) is 0 Å². The molecule has 1 heterocycles. The van der Waals surface area contributed by atoms with E-state index in [1.54, 1.807) is 24.4 Å². The summed E-state index contributed by atoms with van der Waals surface area (Å²) in [5.74, 6) is 0.0353. The van der Waals surface area contributed by atoms with Crippen molar-refractivity contribution in [1.29, 1.82) is 0 Å². The molecule has 0 bridgehead atoms. The van der Waals surface area contributed by atoms with Crippen LogP contribution in [-0.4, -0.2) is 10.1 Å². The number of aliphatic hydroxyl groups is 1. The van der Waals surface area contributed by atoms with Crippen molar-refractivity contribution in [2.24, 2.45) is 0 Å². The Morgan fingerprint density at radius 1 is 1.37 bits per heavy atom. The van der Waals surface area contributed by atoms with Crippen LogP contribution in [0.15, 0.2) is 30.5 Å². The van der Waals surface area contributed by atoms with Gasteiger partial charge >= 0.3 is 0 Å². The van der Waals surface area contributed by atoms with E-state index in [0.717, 1.165) is 5.56 Å². The second-order valence-electron chi connectivity index (χ2n) is 5.01. The monoisotopic (exact) mass is 258 g/mol. The van der Waals surface area contributed by atoms with Crippen molar-refractivity contribution >= 4 is 5.82 Å². The van der Waals surface area contributed by atoms with E-state index in [9.17, 15) is 9.50 Å². The number of nitrogen functional groups attached to an aromatic ring is 1. The fourth-order valence-corrected chi connectivity index (χ4v) is 3.02. The fourth-order valence-electron chi connectivity index (χ4n) is 3.02. The number of anilines is 1. The maximum absolute atomic E-state index is 13.8. The molecule has 3 rings (SSSR count). The Labute approximate surface area is 110 Å². The van der Waals surface area contributed by atoms with Crippen LogP contribution in [0, 0.1) is 12.7 Å². The van der Waals surface area contributed by atoms with Gasteiger partial charge in [0.05, 0.1) is 0 Å². The van der Waals surface area contributed by atoms with Crippen LogP contribution in [-0.2, 0) is 12.0 Å². The lowest BCUT2D eigenvalue weighted by atomic mass is 9.85. The average Bonchev–Trinajstić information content (AvgIpc) is 2.69. The van der Waals surface area contributed by atoms with Gasteiger partial charge in [0.1, 0.15) is 17.2 Å². The van der Waals surface area contributed by atoms with E-state index in [0.29, 0.717) is 35.3 Å². The third-order valence-electron chi connectivity index (χ3n) is 3.90. The van der Waals surface area contributed by atoms with Crippen LogP contribution in [0.5, 0.6) is 0 Å². The number of nitrogens with two attached hydrogens (primary N) is 1. The van der Waals surface area contributed by atoms with Gasteiger partial charge < -0.3 is 10.8 Å². The molecule has 1 atom stereocenters. The number of fused-ring (bicyclic) bond motifs is 1. The molecule has 3 nitrogen and oxygen atoms in total. The molecule has 1 unspecified atom stereocenters. The molecule has 1 aromatic heterocycles. The highest BCUT2D eigenvalue weighted by molar-refractivity contribution is 5.56. The lowest BCUT2D eigenvalue weighted by Crippen LogP contribution is -2.27. The minimum absolute atomic E-state index is 0.270. The van der Waals surface area contributed by atoms with Gasteiger partial charge in [0.2, 0.25) is 0 Å². The van der Waals surface area contributed by atoms with Gasteiger partial charge in [0, 0.05) is 11.8 Å². The Morgan fingerprint density at radius 3 is 2.89 bits per heavy atom. The Hall–Kier alpha value is -1.94. The maximum Gasteiger partial charge on any atom is 0.130 e. The van der Waals surface area contributed by atoms with Crippen molar-refractivity contribution in [1.82, 2.24) is 4.98 Å². The van der Waals surface area contributed by atoms with Gasteiger partial charge in [-0.3, -0.25) is 0 Å². The van der Waals surface area contributed by atoms with Gasteiger partial charge in [0.15, 0.2) is 0 Å². The summed E-state index contributed by atoms with van der Waals surface area (Å²) in [5.41, 5.74) is 7.33. The molecule has 3 N–H and O–H groups in total. The first kappa shape index (κ1) is 12.1. The van der Waals surface area contributed by atoms with Crippen molar-refractivity contribution in [3.05, 3.63) is 58.5 Å². The molecule has 0 saturated heterocycles. The van der Waals surface area contributed by atoms with E-state index in [4.69, 9.17) is 5.73 Å². The normalized spacial score (nSPS) is 21.4. The van der Waals surface area contributed by atoms with Gasteiger partial charge in [-0.2, -0.15) is 0 Å². The third-order valence-corrected chi connectivity index (χ3v) is 3.90. The highest BCUT2D eigenvalue weighted by atomic mass is 19.1. The number of nitrogens with zero attached hydrogens (tertiary/aromatic N) is 1. The quantitative estimate of drug-likeness (QED) is 0.825. The molecule has 1 aliphatic rings. The first-order chi connectivity index (χ1) is 9.04. The summed E-state index contributed by atoms with van der Waals surface area (Å²) in [6.45, 7) is 1.88. The van der Waals surface area contributed by atoms with Crippen LogP contribution in [0.25, 0.3) is 0 Å². The molecule has 0 radical (unpaired) electrons. The van der Waals surface area contributed by atoms with E-state index in [2.05, 4.69) is 4.98 Å². The van der Waals surface area contributed by atoms with Crippen molar-refractivity contribution in [2.75, 3.05) is 5.73 Å². The van der Waals surface area contributed by atoms with Crippen molar-refractivity contribution in [3.8, 4) is 0 Å². The summed E-state index contributed by atoms with van der Waals surface area (Å²) in [6, 6.07) is 6.61. The Morgan fingerprint density at radius 2 is 2.16 bits per heavy atom. The average molecular weight is 258 g/mol. The zero-order valence-electron chi connectivity index (χ0n) is 10.7. The van der Waals surface area contributed by atoms with Gasteiger partial charge in [-0.15, -0.1) is 0 Å². The van der Waals surface area contributed by atoms with Crippen LogP contribution in [0.4, 0.5) is 10.2 Å². The lowest BCUT2D eigenvalue weighted by molar-refractivity contribution is 0.0827. The smallest absolute Gasteiger partial charge is 0.130 e. The molecule has 0 spiro atoms. The molecule has 19 heavy (non-hydrogen) atoms. The lowest BCUT2D eigenvalue weighted by Gasteiger charge is -2.27. The highest BCUT2D eigenvalue weighted by Gasteiger charge is 2.42. The van der Waals surface area contributed by atoms with E-state index >= 15 is 0 Å². The molecule has 0 saturated carbocycles. The molecule has 4 heteroatoms. The number of aromatic nitrogens is 1. The van der Waals surface area contributed by atoms with Gasteiger partial charge in [-0.25, -0.2) is 9.37 Å². The second kappa shape index (κ2) is 4.03. The first-order valence-corrected chi connectivity index (χ1v) is 6.26. The van der Waals surface area contributed by atoms with Crippen LogP contribution < -0.4 is 5.73 Å². The number of aryl methyl sites for hydroxylation is 1. The minimum Gasteiger partial charge on any atom is -0.383 e. The Kier molecular flexibility index (Phi) is 2.57. The topological polar surface area (TPSA) is 59.1 Å². The summed E-state index contributed by atoms with van der Waals surface area (Å²) in [6.07, 6.45) is 2.55. The van der Waals surface area contributed by atoms with Gasteiger partial charge in [-0.1, -0.05) is 12.1 Å². The molecule has 1 aromatic carbocycles. The molecule has 0 aliphatic heterocycles. The van der Waals surface area contributed by atoms with E-state index in [1.165, 1.54) is 6.07 Å². The van der Waals surface area contributed by atoms with E-state index < -0.39 is 5.60 Å². The zero-order chi connectivity index (χ0) is 13.6. The van der Waals surface area contributed by atoms with Crippen LogP contribution in [0.1, 0.15) is 28.7 Å². The highest BCUT2D eigenvalue weighted by Crippen LogP contribution is 2.45. The summed E-state index contributed by atoms with van der Waals surface area (Å²) in [4.78, 5) is 4.05. The largest absolute Gasteiger partial charge is 0.383 e. The summed E-state index contributed by atoms with van der Waals surface area (Å²) < 4.78 is 13.8.